The van der Waals surface area contributed by atoms with Gasteiger partial charge in [-0.25, -0.2) is 12.7 Å². The fraction of sp³-hybridized carbons (Fsp3) is 0.240. The largest absolute Gasteiger partial charge is 0.496 e. The molecule has 0 unspecified atom stereocenters. The quantitative estimate of drug-likeness (QED) is 0.418. The third kappa shape index (κ3) is 6.83. The van der Waals surface area contributed by atoms with Crippen molar-refractivity contribution in [2.45, 2.75) is 28.4 Å². The van der Waals surface area contributed by atoms with Gasteiger partial charge in [-0.1, -0.05) is 30.3 Å². The number of methoxy groups -OCH3 is 1. The number of hydrogen-bond donors (Lipinski definition) is 1. The highest BCUT2D eigenvalue weighted by atomic mass is 32.2. The zero-order valence-electron chi connectivity index (χ0n) is 18.9. The molecule has 1 amide bonds. The van der Waals surface area contributed by atoms with Crippen LogP contribution in [-0.2, 0) is 27.0 Å². The van der Waals surface area contributed by atoms with Gasteiger partial charge in [-0.3, -0.25) is 4.79 Å². The molecule has 0 bridgehead atoms. The highest BCUT2D eigenvalue weighted by molar-refractivity contribution is 7.98. The van der Waals surface area contributed by atoms with Gasteiger partial charge in [0, 0.05) is 36.9 Å². The van der Waals surface area contributed by atoms with Gasteiger partial charge in [0.05, 0.1) is 12.0 Å². The molecule has 0 radical (unpaired) electrons. The van der Waals surface area contributed by atoms with E-state index in [-0.39, 0.29) is 17.2 Å². The van der Waals surface area contributed by atoms with Gasteiger partial charge in [0.2, 0.25) is 15.9 Å². The van der Waals surface area contributed by atoms with Gasteiger partial charge >= 0.3 is 0 Å². The van der Waals surface area contributed by atoms with E-state index < -0.39 is 10.0 Å². The molecule has 0 atom stereocenters. The van der Waals surface area contributed by atoms with Crippen molar-refractivity contribution in [2.75, 3.05) is 26.5 Å². The highest BCUT2D eigenvalue weighted by Crippen LogP contribution is 2.26. The summed E-state index contributed by atoms with van der Waals surface area (Å²) < 4.78 is 31.4. The predicted molar refractivity (Wildman–Crippen MR) is 133 cm³/mol. The lowest BCUT2D eigenvalue weighted by Gasteiger charge is -2.14. The molecule has 0 aliphatic heterocycles. The number of ether oxygens (including phenoxy) is 1. The molecule has 0 aliphatic rings. The van der Waals surface area contributed by atoms with Crippen molar-refractivity contribution >= 4 is 33.4 Å². The Labute approximate surface area is 200 Å². The topological polar surface area (TPSA) is 75.7 Å². The van der Waals surface area contributed by atoms with Gasteiger partial charge < -0.3 is 10.1 Å². The van der Waals surface area contributed by atoms with E-state index in [1.165, 1.54) is 37.7 Å². The third-order valence-corrected chi connectivity index (χ3v) is 7.93. The van der Waals surface area contributed by atoms with E-state index in [0.717, 1.165) is 15.7 Å². The Bertz CT molecular complexity index is 1180. The molecule has 0 heterocycles. The third-order valence-electron chi connectivity index (χ3n) is 5.04. The van der Waals surface area contributed by atoms with Crippen LogP contribution in [0, 0.1) is 0 Å². The van der Waals surface area contributed by atoms with E-state index in [9.17, 15) is 13.2 Å². The number of amides is 1. The Kier molecular flexibility index (Phi) is 8.55. The number of hydrogen-bond acceptors (Lipinski definition) is 5. The van der Waals surface area contributed by atoms with E-state index >= 15 is 0 Å². The molecule has 3 aromatic carbocycles. The van der Waals surface area contributed by atoms with Crippen LogP contribution in [0.4, 0.5) is 5.69 Å². The van der Waals surface area contributed by atoms with Crippen molar-refractivity contribution < 1.29 is 17.9 Å². The zero-order chi connectivity index (χ0) is 23.8. The number of nitrogens with one attached hydrogen (secondary N) is 1. The van der Waals surface area contributed by atoms with Crippen molar-refractivity contribution in [1.82, 2.24) is 4.31 Å². The molecule has 6 nitrogen and oxygen atoms in total. The lowest BCUT2D eigenvalue weighted by molar-refractivity contribution is -0.116. The number of sulfonamides is 1. The van der Waals surface area contributed by atoms with E-state index in [4.69, 9.17) is 4.74 Å². The molecule has 3 aromatic rings. The first-order chi connectivity index (χ1) is 15.8. The summed E-state index contributed by atoms with van der Waals surface area (Å²) in [6.07, 6.45) is 0.561. The van der Waals surface area contributed by atoms with Crippen LogP contribution < -0.4 is 10.1 Å². The normalized spacial score (nSPS) is 11.4. The molecular formula is C25H28N2O4S2. The minimum Gasteiger partial charge on any atom is -0.496 e. The van der Waals surface area contributed by atoms with Crippen molar-refractivity contribution in [3.05, 3.63) is 83.9 Å². The number of anilines is 1. The molecule has 3 rings (SSSR count). The second-order valence-corrected chi connectivity index (χ2v) is 10.8. The van der Waals surface area contributed by atoms with Gasteiger partial charge in [0.25, 0.3) is 0 Å². The molecule has 33 heavy (non-hydrogen) atoms. The first-order valence-electron chi connectivity index (χ1n) is 10.5. The van der Waals surface area contributed by atoms with Crippen molar-refractivity contribution in [2.24, 2.45) is 0 Å². The maximum atomic E-state index is 12.5. The zero-order valence-corrected chi connectivity index (χ0v) is 20.6. The average Bonchev–Trinajstić information content (AvgIpc) is 2.82. The van der Waals surface area contributed by atoms with Gasteiger partial charge in [-0.05, 0) is 60.0 Å². The molecule has 1 N–H and O–H groups in total. The van der Waals surface area contributed by atoms with Crippen LogP contribution in [0.25, 0.3) is 0 Å². The van der Waals surface area contributed by atoms with Crippen molar-refractivity contribution in [1.29, 1.82) is 0 Å². The fourth-order valence-electron chi connectivity index (χ4n) is 3.16. The van der Waals surface area contributed by atoms with Crippen LogP contribution in [0.15, 0.2) is 82.6 Å². The Morgan fingerprint density at radius 1 is 1.00 bits per heavy atom. The number of aryl methyl sites for hydroxylation is 1. The van der Waals surface area contributed by atoms with Crippen LogP contribution in [0.2, 0.25) is 0 Å². The van der Waals surface area contributed by atoms with E-state index in [2.05, 4.69) is 17.4 Å². The van der Waals surface area contributed by atoms with Crippen LogP contribution in [0.1, 0.15) is 17.5 Å². The van der Waals surface area contributed by atoms with E-state index in [0.29, 0.717) is 17.7 Å². The monoisotopic (exact) mass is 484 g/mol. The molecule has 8 heteroatoms. The van der Waals surface area contributed by atoms with Gasteiger partial charge in [0.1, 0.15) is 5.75 Å². The van der Waals surface area contributed by atoms with E-state index in [1.807, 2.05) is 42.5 Å². The molecule has 0 aliphatic carbocycles. The summed E-state index contributed by atoms with van der Waals surface area (Å²) in [6.45, 7) is 0. The molecule has 174 valence electrons. The summed E-state index contributed by atoms with van der Waals surface area (Å²) in [7, 11) is 0.931. The minimum absolute atomic E-state index is 0.149. The van der Waals surface area contributed by atoms with Crippen LogP contribution >= 0.6 is 11.8 Å². The van der Waals surface area contributed by atoms with Gasteiger partial charge in [0.15, 0.2) is 0 Å². The standard InChI is InChI=1S/C25H28N2O4S2/c1-27(2)33(29,30)23-14-15-24(31-3)20(17-23)11-16-25(28)26-21-12-9-19(10-13-21)18-32-22-7-5-4-6-8-22/h4-10,12-15,17H,11,16,18H2,1-3H3,(H,26,28). The molecule has 0 spiro atoms. The Balaban J connectivity index is 1.58. The second-order valence-electron chi connectivity index (χ2n) is 7.61. The van der Waals surface area contributed by atoms with Crippen LogP contribution in [-0.4, -0.2) is 39.8 Å². The Morgan fingerprint density at radius 3 is 2.33 bits per heavy atom. The molecule has 0 saturated heterocycles. The Hall–Kier alpha value is -2.81. The van der Waals surface area contributed by atoms with Crippen LogP contribution in [0.3, 0.4) is 0 Å². The van der Waals surface area contributed by atoms with Crippen molar-refractivity contribution in [3.63, 3.8) is 0 Å². The van der Waals surface area contributed by atoms with E-state index in [1.54, 1.807) is 23.9 Å². The number of carbonyl (C=O) groups is 1. The van der Waals surface area contributed by atoms with Crippen molar-refractivity contribution in [3.8, 4) is 5.75 Å². The number of benzene rings is 3. The summed E-state index contributed by atoms with van der Waals surface area (Å²) in [5, 5.41) is 2.90. The number of carbonyl (C=O) groups excluding carboxylic acids is 1. The number of rotatable bonds is 10. The molecular weight excluding hydrogens is 456 g/mol. The maximum absolute atomic E-state index is 12.5. The summed E-state index contributed by atoms with van der Waals surface area (Å²) >= 11 is 1.76. The lowest BCUT2D eigenvalue weighted by Crippen LogP contribution is -2.22. The first-order valence-corrected chi connectivity index (χ1v) is 12.9. The lowest BCUT2D eigenvalue weighted by atomic mass is 10.1. The first kappa shape index (κ1) is 24.8. The summed E-state index contributed by atoms with van der Waals surface area (Å²) in [5.74, 6) is 1.26. The molecule has 0 fully saturated rings. The molecule has 0 saturated carbocycles. The summed E-state index contributed by atoms with van der Waals surface area (Å²) in [5.41, 5.74) is 2.57. The summed E-state index contributed by atoms with van der Waals surface area (Å²) in [6, 6.07) is 22.7. The van der Waals surface area contributed by atoms with Gasteiger partial charge in [-0.2, -0.15) is 0 Å². The maximum Gasteiger partial charge on any atom is 0.242 e. The average molecular weight is 485 g/mol. The Morgan fingerprint density at radius 2 is 1.70 bits per heavy atom. The number of nitrogens with zero attached hydrogens (tertiary/aromatic N) is 1. The summed E-state index contributed by atoms with van der Waals surface area (Å²) in [4.78, 5) is 13.9. The highest BCUT2D eigenvalue weighted by Gasteiger charge is 2.19. The van der Waals surface area contributed by atoms with Crippen LogP contribution in [0.5, 0.6) is 5.75 Å². The SMILES string of the molecule is COc1ccc(S(=O)(=O)N(C)C)cc1CCC(=O)Nc1ccc(CSc2ccccc2)cc1. The predicted octanol–water partition coefficient (Wildman–Crippen LogP) is 4.81. The smallest absolute Gasteiger partial charge is 0.242 e. The number of thioether (sulfide) groups is 1. The minimum atomic E-state index is -3.56. The second kappa shape index (κ2) is 11.4. The fourth-order valence-corrected chi connectivity index (χ4v) is 4.99. The van der Waals surface area contributed by atoms with Gasteiger partial charge in [-0.15, -0.1) is 11.8 Å². The molecule has 0 aromatic heterocycles.